The smallest absolute Gasteiger partial charge is 0.338 e. The molecule has 1 saturated heterocycles. The van der Waals surface area contributed by atoms with E-state index in [-0.39, 0.29) is 5.97 Å². The maximum Gasteiger partial charge on any atom is 0.338 e. The van der Waals surface area contributed by atoms with Crippen LogP contribution in [0.1, 0.15) is 47.7 Å². The van der Waals surface area contributed by atoms with Crippen LogP contribution < -0.4 is 9.47 Å². The van der Waals surface area contributed by atoms with Crippen LogP contribution in [0.4, 0.5) is 0 Å². The molecule has 0 amide bonds. The molecule has 0 atom stereocenters. The van der Waals surface area contributed by atoms with E-state index in [2.05, 4.69) is 25.8 Å². The minimum absolute atomic E-state index is 0.297. The van der Waals surface area contributed by atoms with Gasteiger partial charge in [-0.3, -0.25) is 4.99 Å². The Morgan fingerprint density at radius 1 is 1.19 bits per heavy atom. The van der Waals surface area contributed by atoms with Crippen molar-refractivity contribution in [3.63, 3.8) is 0 Å². The number of piperidine rings is 1. The summed E-state index contributed by atoms with van der Waals surface area (Å²) in [6.07, 6.45) is 5.81. The van der Waals surface area contributed by atoms with Crippen LogP contribution in [0.15, 0.2) is 45.9 Å². The molecule has 0 unspecified atom stereocenters. The number of carbonyl (C=O) groups is 1. The summed E-state index contributed by atoms with van der Waals surface area (Å²) in [7, 11) is 1.62. The Bertz CT molecular complexity index is 926. The SMILES string of the molecule is CCOC(=O)c1cccc(COc2c(Br)cc(C=NCCN3CCCCC3)cc2OC)c1. The van der Waals surface area contributed by atoms with Crippen LogP contribution in [-0.4, -0.2) is 57.0 Å². The molecule has 0 bridgehead atoms. The molecule has 1 aliphatic rings. The summed E-state index contributed by atoms with van der Waals surface area (Å²) in [4.78, 5) is 19.0. The molecule has 2 aromatic rings. The van der Waals surface area contributed by atoms with Crippen molar-refractivity contribution in [3.05, 3.63) is 57.6 Å². The van der Waals surface area contributed by atoms with E-state index in [9.17, 15) is 4.79 Å². The molecule has 3 rings (SSSR count). The lowest BCUT2D eigenvalue weighted by molar-refractivity contribution is 0.0526. The fraction of sp³-hybridized carbons (Fsp3) is 0.440. The van der Waals surface area contributed by atoms with Crippen molar-refractivity contribution in [3.8, 4) is 11.5 Å². The van der Waals surface area contributed by atoms with Crippen molar-refractivity contribution in [1.29, 1.82) is 0 Å². The second-order valence-corrected chi connectivity index (χ2v) is 8.54. The molecule has 0 radical (unpaired) electrons. The molecule has 0 N–H and O–H groups in total. The first kappa shape index (κ1) is 24.3. The zero-order valence-electron chi connectivity index (χ0n) is 18.8. The van der Waals surface area contributed by atoms with Gasteiger partial charge in [-0.15, -0.1) is 0 Å². The molecule has 1 heterocycles. The van der Waals surface area contributed by atoms with Crippen molar-refractivity contribution >= 4 is 28.1 Å². The van der Waals surface area contributed by atoms with Crippen LogP contribution in [0.2, 0.25) is 0 Å². The molecule has 0 spiro atoms. The van der Waals surface area contributed by atoms with Crippen molar-refractivity contribution in [2.75, 3.05) is 39.9 Å². The van der Waals surface area contributed by atoms with E-state index in [1.165, 1.54) is 32.4 Å². The Labute approximate surface area is 198 Å². The summed E-state index contributed by atoms with van der Waals surface area (Å²) in [5.41, 5.74) is 2.33. The van der Waals surface area contributed by atoms with E-state index < -0.39 is 0 Å². The standard InChI is InChI=1S/C25H31BrN2O4/c1-3-31-25(29)21-9-7-8-19(14-21)18-32-24-22(26)15-20(16-23(24)30-2)17-27-10-13-28-11-5-4-6-12-28/h7-9,14-17H,3-6,10-13,18H2,1-2H3. The fourth-order valence-corrected chi connectivity index (χ4v) is 4.24. The second-order valence-electron chi connectivity index (χ2n) is 7.68. The fourth-order valence-electron chi connectivity index (χ4n) is 3.66. The third-order valence-electron chi connectivity index (χ3n) is 5.31. The number of carbonyl (C=O) groups excluding carboxylic acids is 1. The predicted octanol–water partition coefficient (Wildman–Crippen LogP) is 5.12. The summed E-state index contributed by atoms with van der Waals surface area (Å²) in [6, 6.07) is 11.1. The number of hydrogen-bond donors (Lipinski definition) is 0. The second kappa shape index (κ2) is 12.6. The first-order valence-corrected chi connectivity index (χ1v) is 11.9. The Morgan fingerprint density at radius 3 is 2.75 bits per heavy atom. The molecule has 0 saturated carbocycles. The zero-order valence-corrected chi connectivity index (χ0v) is 20.4. The Hall–Kier alpha value is -2.38. The summed E-state index contributed by atoms with van der Waals surface area (Å²) < 4.78 is 17.4. The van der Waals surface area contributed by atoms with Gasteiger partial charge in [0.1, 0.15) is 6.61 Å². The van der Waals surface area contributed by atoms with E-state index >= 15 is 0 Å². The van der Waals surface area contributed by atoms with Crippen LogP contribution in [-0.2, 0) is 11.3 Å². The van der Waals surface area contributed by atoms with Crippen molar-refractivity contribution < 1.29 is 19.0 Å². The number of esters is 1. The number of likely N-dealkylation sites (tertiary alicyclic amines) is 1. The van der Waals surface area contributed by atoms with Gasteiger partial charge in [-0.2, -0.15) is 0 Å². The molecular weight excluding hydrogens is 472 g/mol. The number of hydrogen-bond acceptors (Lipinski definition) is 6. The summed E-state index contributed by atoms with van der Waals surface area (Å²) in [6.45, 7) is 6.59. The van der Waals surface area contributed by atoms with Gasteiger partial charge in [0, 0.05) is 12.8 Å². The number of nitrogens with zero attached hydrogens (tertiary/aromatic N) is 2. The van der Waals surface area contributed by atoms with Gasteiger partial charge < -0.3 is 19.1 Å². The van der Waals surface area contributed by atoms with Crippen molar-refractivity contribution in [2.45, 2.75) is 32.8 Å². The van der Waals surface area contributed by atoms with E-state index in [4.69, 9.17) is 14.2 Å². The minimum Gasteiger partial charge on any atom is -0.493 e. The number of ether oxygens (including phenoxy) is 3. The third kappa shape index (κ3) is 7.07. The maximum atomic E-state index is 12.0. The minimum atomic E-state index is -0.336. The third-order valence-corrected chi connectivity index (χ3v) is 5.90. The van der Waals surface area contributed by atoms with Crippen LogP contribution >= 0.6 is 15.9 Å². The van der Waals surface area contributed by atoms with E-state index in [1.807, 2.05) is 30.5 Å². The topological polar surface area (TPSA) is 60.4 Å². The molecule has 7 heteroatoms. The highest BCUT2D eigenvalue weighted by Gasteiger charge is 2.13. The first-order valence-electron chi connectivity index (χ1n) is 11.1. The van der Waals surface area contributed by atoms with E-state index in [0.717, 1.165) is 28.7 Å². The summed E-state index contributed by atoms with van der Waals surface area (Å²) >= 11 is 3.59. The van der Waals surface area contributed by atoms with E-state index in [0.29, 0.717) is 30.3 Å². The zero-order chi connectivity index (χ0) is 22.8. The van der Waals surface area contributed by atoms with Gasteiger partial charge in [-0.05, 0) is 84.2 Å². The van der Waals surface area contributed by atoms with E-state index in [1.54, 1.807) is 26.2 Å². The van der Waals surface area contributed by atoms with Gasteiger partial charge in [-0.25, -0.2) is 4.79 Å². The van der Waals surface area contributed by atoms with Crippen LogP contribution in [0, 0.1) is 0 Å². The van der Waals surface area contributed by atoms with Crippen LogP contribution in [0.5, 0.6) is 11.5 Å². The largest absolute Gasteiger partial charge is 0.493 e. The van der Waals surface area contributed by atoms with Crippen LogP contribution in [0.25, 0.3) is 0 Å². The van der Waals surface area contributed by atoms with Crippen molar-refractivity contribution in [2.24, 2.45) is 4.99 Å². The normalized spacial score (nSPS) is 14.5. The highest BCUT2D eigenvalue weighted by molar-refractivity contribution is 9.10. The monoisotopic (exact) mass is 502 g/mol. The average Bonchev–Trinajstić information content (AvgIpc) is 2.82. The predicted molar refractivity (Wildman–Crippen MR) is 130 cm³/mol. The van der Waals surface area contributed by atoms with Gasteiger partial charge in [0.15, 0.2) is 11.5 Å². The molecule has 6 nitrogen and oxygen atoms in total. The Balaban J connectivity index is 1.61. The molecule has 2 aromatic carbocycles. The van der Waals surface area contributed by atoms with Gasteiger partial charge in [0.2, 0.25) is 0 Å². The van der Waals surface area contributed by atoms with Gasteiger partial charge in [-0.1, -0.05) is 18.6 Å². The highest BCUT2D eigenvalue weighted by Crippen LogP contribution is 2.37. The quantitative estimate of drug-likeness (QED) is 0.333. The molecular formula is C25H31BrN2O4. The molecule has 32 heavy (non-hydrogen) atoms. The van der Waals surface area contributed by atoms with Crippen LogP contribution in [0.3, 0.4) is 0 Å². The Morgan fingerprint density at radius 2 is 2.00 bits per heavy atom. The molecule has 0 aromatic heterocycles. The molecule has 1 fully saturated rings. The van der Waals surface area contributed by atoms with Gasteiger partial charge in [0.25, 0.3) is 0 Å². The molecule has 0 aliphatic carbocycles. The molecule has 172 valence electrons. The van der Waals surface area contributed by atoms with Crippen molar-refractivity contribution in [1.82, 2.24) is 4.90 Å². The number of rotatable bonds is 10. The lowest BCUT2D eigenvalue weighted by Gasteiger charge is -2.25. The maximum absolute atomic E-state index is 12.0. The highest BCUT2D eigenvalue weighted by atomic mass is 79.9. The lowest BCUT2D eigenvalue weighted by atomic mass is 10.1. The lowest BCUT2D eigenvalue weighted by Crippen LogP contribution is -2.31. The number of methoxy groups -OCH3 is 1. The van der Waals surface area contributed by atoms with Gasteiger partial charge in [0.05, 0.1) is 30.3 Å². The molecule has 1 aliphatic heterocycles. The first-order chi connectivity index (χ1) is 15.6. The average molecular weight is 503 g/mol. The van der Waals surface area contributed by atoms with Gasteiger partial charge >= 0.3 is 5.97 Å². The summed E-state index contributed by atoms with van der Waals surface area (Å²) in [5, 5.41) is 0. The summed E-state index contributed by atoms with van der Waals surface area (Å²) in [5.74, 6) is 0.898. The number of aliphatic imine (C=N–C) groups is 1. The number of benzene rings is 2. The Kier molecular flexibility index (Phi) is 9.56. The number of halogens is 1.